The van der Waals surface area contributed by atoms with Crippen LogP contribution in [0.1, 0.15) is 25.2 Å². The highest BCUT2D eigenvalue weighted by molar-refractivity contribution is 8.16. The molecule has 0 radical (unpaired) electrons. The molecule has 1 N–H and O–H groups in total. The number of halogens is 1. The molecule has 2 aromatic rings. The fraction of sp³-hybridized carbons (Fsp3) is 0.238. The third kappa shape index (κ3) is 4.17. The molecular formula is C21H19ClN4O4S2. The highest BCUT2D eigenvalue weighted by atomic mass is 35.5. The molecule has 0 fully saturated rings. The van der Waals surface area contributed by atoms with Crippen LogP contribution in [0.25, 0.3) is 17.4 Å². The van der Waals surface area contributed by atoms with E-state index in [4.69, 9.17) is 21.4 Å². The Bertz CT molecular complexity index is 1340. The number of nitrogens with zero attached hydrogens (tertiary/aromatic N) is 3. The third-order valence-electron chi connectivity index (χ3n) is 4.69. The summed E-state index contributed by atoms with van der Waals surface area (Å²) in [5.41, 5.74) is 1.61. The zero-order chi connectivity index (χ0) is 23.2. The van der Waals surface area contributed by atoms with Gasteiger partial charge in [0.1, 0.15) is 17.4 Å². The summed E-state index contributed by atoms with van der Waals surface area (Å²) in [5, 5.41) is 8.88. The molecular weight excluding hydrogens is 472 g/mol. The number of carbonyl (C=O) groups is 1. The van der Waals surface area contributed by atoms with Crippen molar-refractivity contribution >= 4 is 61.5 Å². The molecule has 3 heterocycles. The summed E-state index contributed by atoms with van der Waals surface area (Å²) in [5.74, 6) is -0.372. The van der Waals surface area contributed by atoms with Crippen molar-refractivity contribution < 1.29 is 17.6 Å². The van der Waals surface area contributed by atoms with Gasteiger partial charge in [0.05, 0.1) is 23.3 Å². The van der Waals surface area contributed by atoms with Gasteiger partial charge in [0.15, 0.2) is 0 Å². The van der Waals surface area contributed by atoms with Crippen molar-refractivity contribution in [1.29, 1.82) is 5.41 Å². The molecule has 0 bridgehead atoms. The molecule has 4 rings (SSSR count). The Hall–Kier alpha value is -2.69. The number of amides is 1. The Morgan fingerprint density at radius 2 is 2.03 bits per heavy atom. The lowest BCUT2D eigenvalue weighted by molar-refractivity contribution is -0.114. The number of furan rings is 1. The first-order chi connectivity index (χ1) is 15.1. The normalized spacial score (nSPS) is 17.8. The number of sulfone groups is 1. The zero-order valence-corrected chi connectivity index (χ0v) is 19.8. The maximum absolute atomic E-state index is 12.7. The smallest absolute Gasteiger partial charge is 0.283 e. The van der Waals surface area contributed by atoms with Crippen molar-refractivity contribution in [2.45, 2.75) is 20.8 Å². The van der Waals surface area contributed by atoms with Crippen LogP contribution in [0.2, 0.25) is 5.02 Å². The number of amidine groups is 3. The Labute approximate surface area is 194 Å². The Morgan fingerprint density at radius 1 is 1.28 bits per heavy atom. The first-order valence-electron chi connectivity index (χ1n) is 9.64. The maximum Gasteiger partial charge on any atom is 0.283 e. The third-order valence-corrected chi connectivity index (χ3v) is 7.85. The molecule has 2 aliphatic rings. The monoisotopic (exact) mass is 490 g/mol. The van der Waals surface area contributed by atoms with Gasteiger partial charge in [-0.1, -0.05) is 37.6 Å². The van der Waals surface area contributed by atoms with Crippen LogP contribution < -0.4 is 0 Å². The number of carbonyl (C=O) groups excluding carboxylic acids is 1. The minimum Gasteiger partial charge on any atom is -0.457 e. The van der Waals surface area contributed by atoms with Crippen molar-refractivity contribution in [2.24, 2.45) is 15.3 Å². The van der Waals surface area contributed by atoms with Crippen molar-refractivity contribution in [3.8, 4) is 11.3 Å². The van der Waals surface area contributed by atoms with Crippen LogP contribution in [0.3, 0.4) is 0 Å². The highest BCUT2D eigenvalue weighted by Crippen LogP contribution is 2.32. The van der Waals surface area contributed by atoms with Crippen molar-refractivity contribution in [1.82, 2.24) is 4.90 Å². The van der Waals surface area contributed by atoms with Crippen molar-refractivity contribution in [3.63, 3.8) is 0 Å². The van der Waals surface area contributed by atoms with Gasteiger partial charge in [0.25, 0.3) is 5.91 Å². The number of hydrogen-bond acceptors (Lipinski definition) is 7. The zero-order valence-electron chi connectivity index (χ0n) is 17.4. The summed E-state index contributed by atoms with van der Waals surface area (Å²) in [4.78, 5) is 17.6. The van der Waals surface area contributed by atoms with Crippen LogP contribution >= 0.6 is 23.5 Å². The van der Waals surface area contributed by atoms with E-state index in [1.54, 1.807) is 32.0 Å². The standard InChI is InChI=1S/C21H19ClN4O4S2/c1-11(2)10-32(28,29)21-25-31-20-24-19(27)15(18(23)26(20)21)9-14-6-7-17(30-14)13-5-4-12(3)16(22)8-13/h4-9,11,23H,10H2,1-3H3/b15-9-,23-18?. The lowest BCUT2D eigenvalue weighted by Gasteiger charge is -2.24. The van der Waals surface area contributed by atoms with Gasteiger partial charge in [0.2, 0.25) is 20.2 Å². The molecule has 0 atom stereocenters. The second-order valence-corrected chi connectivity index (χ2v) is 10.8. The molecule has 1 aromatic heterocycles. The first-order valence-corrected chi connectivity index (χ1v) is 12.4. The van der Waals surface area contributed by atoms with E-state index in [9.17, 15) is 13.2 Å². The molecule has 2 aliphatic heterocycles. The van der Waals surface area contributed by atoms with Crippen LogP contribution in [0.4, 0.5) is 0 Å². The molecule has 32 heavy (non-hydrogen) atoms. The van der Waals surface area contributed by atoms with Crippen LogP contribution in [-0.4, -0.2) is 41.1 Å². The second-order valence-electron chi connectivity index (χ2n) is 7.75. The minimum atomic E-state index is -3.76. The van der Waals surface area contributed by atoms with E-state index in [2.05, 4.69) is 9.39 Å². The number of nitrogens with one attached hydrogen (secondary N) is 1. The van der Waals surface area contributed by atoms with Gasteiger partial charge < -0.3 is 4.42 Å². The molecule has 1 amide bonds. The molecule has 0 saturated carbocycles. The van der Waals surface area contributed by atoms with E-state index in [1.165, 1.54) is 6.08 Å². The molecule has 0 unspecified atom stereocenters. The lowest BCUT2D eigenvalue weighted by Crippen LogP contribution is -2.46. The molecule has 166 valence electrons. The fourth-order valence-corrected chi connectivity index (χ4v) is 6.10. The second kappa shape index (κ2) is 8.34. The van der Waals surface area contributed by atoms with E-state index >= 15 is 0 Å². The SMILES string of the molecule is Cc1ccc(-c2ccc(/C=C3/C(=N)N4C(=NC3=O)SN=C4S(=O)(=O)CC(C)C)o2)cc1Cl. The Kier molecular flexibility index (Phi) is 5.87. The van der Waals surface area contributed by atoms with Gasteiger partial charge in [0, 0.05) is 10.6 Å². The first kappa shape index (κ1) is 22.5. The fourth-order valence-electron chi connectivity index (χ4n) is 3.19. The predicted molar refractivity (Wildman–Crippen MR) is 128 cm³/mol. The Morgan fingerprint density at radius 3 is 2.72 bits per heavy atom. The van der Waals surface area contributed by atoms with Gasteiger partial charge in [-0.05, 0) is 42.7 Å². The summed E-state index contributed by atoms with van der Waals surface area (Å²) in [6, 6.07) is 8.90. The topological polar surface area (TPSA) is 116 Å². The number of hydrogen-bond donors (Lipinski definition) is 1. The lowest BCUT2D eigenvalue weighted by atomic mass is 10.1. The molecule has 8 nitrogen and oxygen atoms in total. The maximum atomic E-state index is 12.7. The molecule has 1 aromatic carbocycles. The van der Waals surface area contributed by atoms with E-state index in [0.717, 1.165) is 28.0 Å². The van der Waals surface area contributed by atoms with Crippen LogP contribution in [0, 0.1) is 18.3 Å². The van der Waals surface area contributed by atoms with Crippen molar-refractivity contribution in [3.05, 3.63) is 52.3 Å². The quantitative estimate of drug-likeness (QED) is 0.496. The molecule has 0 aliphatic carbocycles. The highest BCUT2D eigenvalue weighted by Gasteiger charge is 2.42. The van der Waals surface area contributed by atoms with Gasteiger partial charge in [-0.2, -0.15) is 9.39 Å². The van der Waals surface area contributed by atoms with E-state index < -0.39 is 15.7 Å². The summed E-state index contributed by atoms with van der Waals surface area (Å²) < 4.78 is 35.3. The number of aryl methyl sites for hydroxylation is 1. The van der Waals surface area contributed by atoms with Gasteiger partial charge in [-0.25, -0.2) is 13.3 Å². The van der Waals surface area contributed by atoms with Crippen molar-refractivity contribution in [2.75, 3.05) is 5.75 Å². The van der Waals surface area contributed by atoms with Gasteiger partial charge in [-0.15, -0.1) is 0 Å². The molecule has 0 spiro atoms. The Balaban J connectivity index is 1.66. The number of fused-ring (bicyclic) bond motifs is 1. The minimum absolute atomic E-state index is 0.0499. The summed E-state index contributed by atoms with van der Waals surface area (Å²) in [7, 11) is -3.76. The van der Waals surface area contributed by atoms with E-state index in [0.29, 0.717) is 16.5 Å². The average molecular weight is 491 g/mol. The van der Waals surface area contributed by atoms with Crippen LogP contribution in [-0.2, 0) is 14.6 Å². The van der Waals surface area contributed by atoms with Crippen LogP contribution in [0.15, 0.2) is 49.7 Å². The summed E-state index contributed by atoms with van der Waals surface area (Å²) in [6.07, 6.45) is 1.37. The van der Waals surface area contributed by atoms with Gasteiger partial charge >= 0.3 is 0 Å². The summed E-state index contributed by atoms with van der Waals surface area (Å²) in [6.45, 7) is 5.46. The average Bonchev–Trinajstić information content (AvgIpc) is 3.34. The number of rotatable bonds is 4. The number of aliphatic imine (C=N–C) groups is 1. The largest absolute Gasteiger partial charge is 0.457 e. The van der Waals surface area contributed by atoms with Gasteiger partial charge in [-0.3, -0.25) is 10.2 Å². The van der Waals surface area contributed by atoms with E-state index in [-0.39, 0.29) is 33.4 Å². The van der Waals surface area contributed by atoms with E-state index in [1.807, 2.05) is 19.1 Å². The number of benzene rings is 1. The summed E-state index contributed by atoms with van der Waals surface area (Å²) >= 11 is 6.96. The van der Waals surface area contributed by atoms with Crippen LogP contribution in [0.5, 0.6) is 0 Å². The molecule has 0 saturated heterocycles. The molecule has 11 heteroatoms. The predicted octanol–water partition coefficient (Wildman–Crippen LogP) is 4.56.